The first-order valence-corrected chi connectivity index (χ1v) is 9.28. The van der Waals surface area contributed by atoms with E-state index in [1.54, 1.807) is 6.07 Å². The number of carbonyl (C=O) groups is 1. The fourth-order valence-electron chi connectivity index (χ4n) is 3.50. The highest BCUT2D eigenvalue weighted by molar-refractivity contribution is 5.95. The van der Waals surface area contributed by atoms with Crippen LogP contribution in [-0.4, -0.2) is 31.2 Å². The van der Waals surface area contributed by atoms with Gasteiger partial charge in [-0.3, -0.25) is 10.1 Å². The molecule has 0 saturated carbocycles. The van der Waals surface area contributed by atoms with E-state index in [2.05, 4.69) is 41.2 Å². The molecular weight excluding hydrogens is 360 g/mol. The molecule has 2 aromatic carbocycles. The summed E-state index contributed by atoms with van der Waals surface area (Å²) in [6.45, 7) is 3.42. The van der Waals surface area contributed by atoms with Crippen molar-refractivity contribution in [3.8, 4) is 0 Å². The smallest absolute Gasteiger partial charge is 0.344 e. The number of nitro benzene ring substituents is 1. The van der Waals surface area contributed by atoms with Gasteiger partial charge in [0.15, 0.2) is 0 Å². The van der Waals surface area contributed by atoms with Crippen LogP contribution in [0.5, 0.6) is 0 Å². The van der Waals surface area contributed by atoms with Crippen LogP contribution in [0.4, 0.5) is 11.4 Å². The van der Waals surface area contributed by atoms with Gasteiger partial charge in [0.25, 0.3) is 5.69 Å². The number of hydrogen-bond donors (Lipinski definition) is 1. The van der Waals surface area contributed by atoms with Gasteiger partial charge in [-0.2, -0.15) is 0 Å². The van der Waals surface area contributed by atoms with Gasteiger partial charge in [-0.25, -0.2) is 4.79 Å². The first-order valence-electron chi connectivity index (χ1n) is 9.28. The monoisotopic (exact) mass is 384 g/mol. The number of esters is 1. The van der Waals surface area contributed by atoms with Crippen molar-refractivity contribution in [2.45, 2.75) is 25.9 Å². The molecule has 1 heterocycles. The number of anilines is 1. The maximum atomic E-state index is 11.9. The fourth-order valence-corrected chi connectivity index (χ4v) is 3.50. The van der Waals surface area contributed by atoms with Gasteiger partial charge >= 0.3 is 5.97 Å². The first-order chi connectivity index (χ1) is 13.5. The van der Waals surface area contributed by atoms with Gasteiger partial charge in [-0.05, 0) is 37.5 Å². The molecule has 1 fully saturated rings. The lowest BCUT2D eigenvalue weighted by Crippen LogP contribution is -2.28. The van der Waals surface area contributed by atoms with Crippen molar-refractivity contribution in [3.05, 3.63) is 69.3 Å². The molecule has 1 saturated heterocycles. The van der Waals surface area contributed by atoms with Crippen molar-refractivity contribution in [2.75, 3.05) is 25.6 Å². The Morgan fingerprint density at radius 3 is 2.71 bits per heavy atom. The molecule has 7 nitrogen and oxygen atoms in total. The quantitative estimate of drug-likeness (QED) is 0.454. The average Bonchev–Trinajstić information content (AvgIpc) is 2.72. The second-order valence-corrected chi connectivity index (χ2v) is 6.97. The number of benzene rings is 2. The molecule has 2 unspecified atom stereocenters. The minimum Gasteiger partial charge on any atom is -0.465 e. The highest BCUT2D eigenvalue weighted by Gasteiger charge is 2.28. The van der Waals surface area contributed by atoms with Crippen LogP contribution in [0, 0.1) is 23.0 Å². The molecule has 3 rings (SSSR count). The van der Waals surface area contributed by atoms with Crippen LogP contribution in [0.2, 0.25) is 0 Å². The summed E-state index contributed by atoms with van der Waals surface area (Å²) in [6, 6.07) is 12.7. The summed E-state index contributed by atoms with van der Waals surface area (Å²) in [5, 5.41) is 14.4. The van der Waals surface area contributed by atoms with Crippen molar-refractivity contribution in [1.82, 2.24) is 0 Å². The van der Waals surface area contributed by atoms with E-state index in [4.69, 9.17) is 4.74 Å². The van der Waals surface area contributed by atoms with Gasteiger partial charge in [0.05, 0.1) is 18.1 Å². The van der Waals surface area contributed by atoms with Crippen molar-refractivity contribution >= 4 is 17.3 Å². The summed E-state index contributed by atoms with van der Waals surface area (Å²) in [6.07, 6.45) is 2.00. The zero-order valence-corrected chi connectivity index (χ0v) is 16.0. The van der Waals surface area contributed by atoms with Crippen LogP contribution in [0.15, 0.2) is 42.5 Å². The summed E-state index contributed by atoms with van der Waals surface area (Å²) in [5.41, 5.74) is 2.66. The number of ether oxygens (including phenoxy) is 2. The minimum absolute atomic E-state index is 0.0000224. The predicted molar refractivity (Wildman–Crippen MR) is 106 cm³/mol. The molecule has 1 aliphatic heterocycles. The third-order valence-corrected chi connectivity index (χ3v) is 5.02. The van der Waals surface area contributed by atoms with E-state index in [0.29, 0.717) is 12.2 Å². The van der Waals surface area contributed by atoms with Gasteiger partial charge < -0.3 is 14.8 Å². The lowest BCUT2D eigenvalue weighted by atomic mass is 9.89. The van der Waals surface area contributed by atoms with E-state index < -0.39 is 10.9 Å². The molecule has 0 amide bonds. The predicted octanol–water partition coefficient (Wildman–Crippen LogP) is 4.27. The molecule has 0 radical (unpaired) electrons. The molecule has 7 heteroatoms. The maximum Gasteiger partial charge on any atom is 0.344 e. The number of nitrogens with one attached hydrogen (secondary N) is 1. The van der Waals surface area contributed by atoms with E-state index in [0.717, 1.165) is 25.0 Å². The molecule has 0 spiro atoms. The summed E-state index contributed by atoms with van der Waals surface area (Å²) < 4.78 is 10.7. The molecule has 1 N–H and O–H groups in total. The fraction of sp³-hybridized carbons (Fsp3) is 0.381. The molecular formula is C21H24N2O5. The number of rotatable bonds is 6. The van der Waals surface area contributed by atoms with Gasteiger partial charge in [0.1, 0.15) is 5.56 Å². The van der Waals surface area contributed by atoms with Gasteiger partial charge in [0, 0.05) is 30.8 Å². The molecule has 28 heavy (non-hydrogen) atoms. The third kappa shape index (κ3) is 4.48. The highest BCUT2D eigenvalue weighted by atomic mass is 16.6. The Hall–Kier alpha value is -2.93. The summed E-state index contributed by atoms with van der Waals surface area (Å²) in [4.78, 5) is 22.4. The molecule has 2 atom stereocenters. The maximum absolute atomic E-state index is 11.9. The Bertz CT molecular complexity index is 850. The number of nitro groups is 1. The zero-order chi connectivity index (χ0) is 20.1. The van der Waals surface area contributed by atoms with Crippen molar-refractivity contribution in [2.24, 2.45) is 5.92 Å². The SMILES string of the molecule is COC(=O)c1cc(NCC2CCCOC2c2ccc(C)cc2)ccc1[N+](=O)[O-]. The Labute approximate surface area is 163 Å². The Morgan fingerprint density at radius 2 is 2.04 bits per heavy atom. The van der Waals surface area contributed by atoms with E-state index in [-0.39, 0.29) is 23.3 Å². The topological polar surface area (TPSA) is 90.7 Å². The second-order valence-electron chi connectivity index (χ2n) is 6.97. The van der Waals surface area contributed by atoms with E-state index in [1.807, 2.05) is 0 Å². The van der Waals surface area contributed by atoms with Crippen LogP contribution < -0.4 is 5.32 Å². The normalized spacial score (nSPS) is 19.1. The van der Waals surface area contributed by atoms with Crippen molar-refractivity contribution in [1.29, 1.82) is 0 Å². The van der Waals surface area contributed by atoms with Crippen LogP contribution in [-0.2, 0) is 9.47 Å². The number of carbonyl (C=O) groups excluding carboxylic acids is 1. The number of methoxy groups -OCH3 is 1. The number of hydrogen-bond acceptors (Lipinski definition) is 6. The lowest BCUT2D eigenvalue weighted by molar-refractivity contribution is -0.385. The first kappa shape index (κ1) is 19.8. The Kier molecular flexibility index (Phi) is 6.26. The number of nitrogens with zero attached hydrogens (tertiary/aromatic N) is 1. The third-order valence-electron chi connectivity index (χ3n) is 5.02. The van der Waals surface area contributed by atoms with Gasteiger partial charge in [0.2, 0.25) is 0 Å². The number of aryl methyl sites for hydroxylation is 1. The molecule has 148 valence electrons. The van der Waals surface area contributed by atoms with Crippen LogP contribution in [0.1, 0.15) is 40.4 Å². The molecule has 0 bridgehead atoms. The molecule has 0 aromatic heterocycles. The van der Waals surface area contributed by atoms with Gasteiger partial charge in [-0.1, -0.05) is 29.8 Å². The van der Waals surface area contributed by atoms with Crippen molar-refractivity contribution < 1.29 is 19.2 Å². The minimum atomic E-state index is -0.728. The van der Waals surface area contributed by atoms with Crippen LogP contribution >= 0.6 is 0 Å². The molecule has 2 aromatic rings. The van der Waals surface area contributed by atoms with Crippen LogP contribution in [0.25, 0.3) is 0 Å². The molecule has 0 aliphatic carbocycles. The largest absolute Gasteiger partial charge is 0.465 e. The Balaban J connectivity index is 1.75. The van der Waals surface area contributed by atoms with E-state index in [1.165, 1.54) is 24.8 Å². The summed E-state index contributed by atoms with van der Waals surface area (Å²) >= 11 is 0. The Morgan fingerprint density at radius 1 is 1.29 bits per heavy atom. The summed E-state index contributed by atoms with van der Waals surface area (Å²) in [7, 11) is 1.21. The highest BCUT2D eigenvalue weighted by Crippen LogP contribution is 2.34. The van der Waals surface area contributed by atoms with Gasteiger partial charge in [-0.15, -0.1) is 0 Å². The van der Waals surface area contributed by atoms with E-state index >= 15 is 0 Å². The lowest BCUT2D eigenvalue weighted by Gasteiger charge is -2.32. The van der Waals surface area contributed by atoms with Crippen LogP contribution in [0.3, 0.4) is 0 Å². The average molecular weight is 384 g/mol. The standard InChI is InChI=1S/C21H24N2O5/c1-14-5-7-15(8-6-14)20-16(4-3-11-28-20)13-22-17-9-10-19(23(25)26)18(12-17)21(24)27-2/h5-10,12,16,20,22H,3-4,11,13H2,1-2H3. The van der Waals surface area contributed by atoms with E-state index in [9.17, 15) is 14.9 Å². The second kappa shape index (κ2) is 8.84. The summed E-state index contributed by atoms with van der Waals surface area (Å²) in [5.74, 6) is -0.470. The zero-order valence-electron chi connectivity index (χ0n) is 16.0. The van der Waals surface area contributed by atoms with Crippen molar-refractivity contribution in [3.63, 3.8) is 0 Å². The molecule has 1 aliphatic rings.